The van der Waals surface area contributed by atoms with Crippen LogP contribution >= 0.6 is 0 Å². The lowest BCUT2D eigenvalue weighted by Crippen LogP contribution is -2.50. The van der Waals surface area contributed by atoms with Crippen molar-refractivity contribution in [1.29, 1.82) is 0 Å². The number of hydrogen-bond acceptors (Lipinski definition) is 4. The summed E-state index contributed by atoms with van der Waals surface area (Å²) in [5.74, 6) is 0.723. The first-order valence-corrected chi connectivity index (χ1v) is 8.00. The fourth-order valence-corrected chi connectivity index (χ4v) is 3.45. The average Bonchev–Trinajstić information content (AvgIpc) is 2.89. The standard InChI is InChI=1S/C15H22N4O2/c20-15(13-8-16-5-7-21-13)19-6-4-12-11(9-19)14(18-17-12)10-2-1-3-10/h10,13,16H,1-9H2,(H,17,18)/t13-/m1/s1. The number of nitrogens with one attached hydrogen (secondary N) is 2. The molecule has 6 heteroatoms. The van der Waals surface area contributed by atoms with Crippen molar-refractivity contribution in [1.82, 2.24) is 20.4 Å². The van der Waals surface area contributed by atoms with Crippen LogP contribution in [-0.2, 0) is 22.5 Å². The predicted molar refractivity (Wildman–Crippen MR) is 76.9 cm³/mol. The molecule has 6 nitrogen and oxygen atoms in total. The summed E-state index contributed by atoms with van der Waals surface area (Å²) in [6.45, 7) is 3.54. The molecule has 1 saturated heterocycles. The van der Waals surface area contributed by atoms with Crippen LogP contribution in [0.1, 0.15) is 42.1 Å². The van der Waals surface area contributed by atoms with Crippen molar-refractivity contribution in [2.24, 2.45) is 0 Å². The first kappa shape index (κ1) is 13.3. The van der Waals surface area contributed by atoms with E-state index in [4.69, 9.17) is 4.74 Å². The van der Waals surface area contributed by atoms with E-state index in [9.17, 15) is 4.79 Å². The van der Waals surface area contributed by atoms with E-state index in [1.165, 1.54) is 36.2 Å². The number of fused-ring (bicyclic) bond motifs is 1. The van der Waals surface area contributed by atoms with E-state index in [0.29, 0.717) is 25.6 Å². The molecule has 1 amide bonds. The molecule has 3 aliphatic rings. The van der Waals surface area contributed by atoms with Gasteiger partial charge >= 0.3 is 0 Å². The fourth-order valence-electron chi connectivity index (χ4n) is 3.45. The molecule has 0 spiro atoms. The molecule has 0 bridgehead atoms. The zero-order valence-electron chi connectivity index (χ0n) is 12.2. The molecule has 1 aromatic rings. The van der Waals surface area contributed by atoms with Gasteiger partial charge in [-0.25, -0.2) is 0 Å². The molecular weight excluding hydrogens is 268 g/mol. The molecule has 2 N–H and O–H groups in total. The van der Waals surface area contributed by atoms with Gasteiger partial charge in [0.05, 0.1) is 12.3 Å². The minimum Gasteiger partial charge on any atom is -0.366 e. The van der Waals surface area contributed by atoms with Gasteiger partial charge in [-0.3, -0.25) is 9.89 Å². The van der Waals surface area contributed by atoms with Gasteiger partial charge < -0.3 is 15.0 Å². The number of ether oxygens (including phenoxy) is 1. The van der Waals surface area contributed by atoms with Crippen molar-refractivity contribution in [3.8, 4) is 0 Å². The van der Waals surface area contributed by atoms with E-state index in [2.05, 4.69) is 15.5 Å². The Morgan fingerprint density at radius 3 is 3.00 bits per heavy atom. The van der Waals surface area contributed by atoms with Crippen LogP contribution in [0.4, 0.5) is 0 Å². The van der Waals surface area contributed by atoms with Crippen LogP contribution in [0.2, 0.25) is 0 Å². The van der Waals surface area contributed by atoms with E-state index in [1.807, 2.05) is 4.90 Å². The predicted octanol–water partition coefficient (Wildman–Crippen LogP) is 0.550. The summed E-state index contributed by atoms with van der Waals surface area (Å²) in [5.41, 5.74) is 3.70. The molecular formula is C15H22N4O2. The zero-order chi connectivity index (χ0) is 14.2. The van der Waals surface area contributed by atoms with E-state index in [0.717, 1.165) is 19.5 Å². The summed E-state index contributed by atoms with van der Waals surface area (Å²) in [7, 11) is 0. The quantitative estimate of drug-likeness (QED) is 0.834. The zero-order valence-corrected chi connectivity index (χ0v) is 12.2. The van der Waals surface area contributed by atoms with Crippen LogP contribution in [0.15, 0.2) is 0 Å². The summed E-state index contributed by atoms with van der Waals surface area (Å²) >= 11 is 0. The topological polar surface area (TPSA) is 70.2 Å². The molecule has 0 aromatic carbocycles. The second-order valence-electron chi connectivity index (χ2n) is 6.27. The third kappa shape index (κ3) is 2.36. The number of aromatic amines is 1. The summed E-state index contributed by atoms with van der Waals surface area (Å²) in [4.78, 5) is 14.5. The first-order chi connectivity index (χ1) is 10.3. The lowest BCUT2D eigenvalue weighted by molar-refractivity contribution is -0.146. The van der Waals surface area contributed by atoms with Gasteiger partial charge in [-0.1, -0.05) is 6.42 Å². The summed E-state index contributed by atoms with van der Waals surface area (Å²) in [5, 5.41) is 10.9. The van der Waals surface area contributed by atoms with Crippen molar-refractivity contribution >= 4 is 5.91 Å². The monoisotopic (exact) mass is 290 g/mol. The molecule has 1 saturated carbocycles. The van der Waals surface area contributed by atoms with Crippen LogP contribution in [0.3, 0.4) is 0 Å². The average molecular weight is 290 g/mol. The van der Waals surface area contributed by atoms with Crippen molar-refractivity contribution in [3.05, 3.63) is 17.0 Å². The molecule has 2 aliphatic heterocycles. The van der Waals surface area contributed by atoms with E-state index >= 15 is 0 Å². The smallest absolute Gasteiger partial charge is 0.253 e. The molecule has 114 valence electrons. The van der Waals surface area contributed by atoms with Crippen molar-refractivity contribution in [3.63, 3.8) is 0 Å². The maximum absolute atomic E-state index is 12.6. The Morgan fingerprint density at radius 1 is 1.38 bits per heavy atom. The first-order valence-electron chi connectivity index (χ1n) is 8.00. The van der Waals surface area contributed by atoms with Crippen LogP contribution in [-0.4, -0.2) is 53.3 Å². The Morgan fingerprint density at radius 2 is 2.29 bits per heavy atom. The van der Waals surface area contributed by atoms with Crippen molar-refractivity contribution < 1.29 is 9.53 Å². The SMILES string of the molecule is O=C([C@H]1CNCCO1)N1CCc2[nH]nc(C3CCC3)c2C1. The Hall–Kier alpha value is -1.40. The number of amides is 1. The Balaban J connectivity index is 1.50. The van der Waals surface area contributed by atoms with Gasteiger partial charge in [0.25, 0.3) is 5.91 Å². The molecule has 21 heavy (non-hydrogen) atoms. The van der Waals surface area contributed by atoms with Crippen LogP contribution in [0.25, 0.3) is 0 Å². The number of carbonyl (C=O) groups is 1. The van der Waals surface area contributed by atoms with Gasteiger partial charge in [0.2, 0.25) is 0 Å². The minimum atomic E-state index is -0.320. The van der Waals surface area contributed by atoms with Crippen LogP contribution in [0.5, 0.6) is 0 Å². The molecule has 4 rings (SSSR count). The Kier molecular flexibility index (Phi) is 3.43. The minimum absolute atomic E-state index is 0.119. The summed E-state index contributed by atoms with van der Waals surface area (Å²) in [6, 6.07) is 0. The van der Waals surface area contributed by atoms with Gasteiger partial charge in [0, 0.05) is 49.8 Å². The van der Waals surface area contributed by atoms with Crippen molar-refractivity contribution in [2.75, 3.05) is 26.2 Å². The van der Waals surface area contributed by atoms with Gasteiger partial charge in [-0.2, -0.15) is 5.10 Å². The van der Waals surface area contributed by atoms with Gasteiger partial charge in [0.1, 0.15) is 6.10 Å². The molecule has 2 fully saturated rings. The highest BCUT2D eigenvalue weighted by atomic mass is 16.5. The molecule has 3 heterocycles. The number of hydrogen-bond donors (Lipinski definition) is 2. The number of carbonyl (C=O) groups excluding carboxylic acids is 1. The molecule has 1 aliphatic carbocycles. The number of H-pyrrole nitrogens is 1. The highest BCUT2D eigenvalue weighted by molar-refractivity contribution is 5.81. The molecule has 1 aromatic heterocycles. The molecule has 1 atom stereocenters. The normalized spacial score (nSPS) is 26.3. The highest BCUT2D eigenvalue weighted by Crippen LogP contribution is 2.38. The summed E-state index contributed by atoms with van der Waals surface area (Å²) in [6.07, 6.45) is 4.33. The lowest BCUT2D eigenvalue weighted by Gasteiger charge is -2.33. The Bertz CT molecular complexity index is 532. The number of nitrogens with zero attached hydrogens (tertiary/aromatic N) is 2. The maximum atomic E-state index is 12.6. The van der Waals surface area contributed by atoms with E-state index < -0.39 is 0 Å². The third-order valence-corrected chi connectivity index (χ3v) is 4.97. The van der Waals surface area contributed by atoms with Crippen LogP contribution in [0, 0.1) is 0 Å². The van der Waals surface area contributed by atoms with Gasteiger partial charge in [0.15, 0.2) is 0 Å². The highest BCUT2D eigenvalue weighted by Gasteiger charge is 2.33. The van der Waals surface area contributed by atoms with Gasteiger partial charge in [-0.15, -0.1) is 0 Å². The number of aromatic nitrogens is 2. The van der Waals surface area contributed by atoms with E-state index in [1.54, 1.807) is 0 Å². The number of rotatable bonds is 2. The van der Waals surface area contributed by atoms with Crippen molar-refractivity contribution in [2.45, 2.75) is 44.2 Å². The van der Waals surface area contributed by atoms with E-state index in [-0.39, 0.29) is 12.0 Å². The summed E-state index contributed by atoms with van der Waals surface area (Å²) < 4.78 is 5.60. The lowest BCUT2D eigenvalue weighted by atomic mass is 9.81. The fraction of sp³-hybridized carbons (Fsp3) is 0.733. The largest absolute Gasteiger partial charge is 0.366 e. The Labute approximate surface area is 124 Å². The van der Waals surface area contributed by atoms with Crippen LogP contribution < -0.4 is 5.32 Å². The van der Waals surface area contributed by atoms with Gasteiger partial charge in [-0.05, 0) is 12.8 Å². The molecule has 0 radical (unpaired) electrons. The second-order valence-corrected chi connectivity index (χ2v) is 6.27. The number of morpholine rings is 1. The second kappa shape index (κ2) is 5.42. The molecule has 0 unspecified atom stereocenters. The third-order valence-electron chi connectivity index (χ3n) is 4.97. The maximum Gasteiger partial charge on any atom is 0.253 e.